The van der Waals surface area contributed by atoms with E-state index in [9.17, 15) is 9.18 Å². The quantitative estimate of drug-likeness (QED) is 0.566. The maximum Gasteiger partial charge on any atom is 0.222 e. The number of carbonyl (C=O) groups excluding carboxylic acids is 1. The summed E-state index contributed by atoms with van der Waals surface area (Å²) in [7, 11) is 0. The molecule has 3 rings (SSSR count). The molecule has 0 spiro atoms. The van der Waals surface area contributed by atoms with Crippen LogP contribution in [0, 0.1) is 17.1 Å². The summed E-state index contributed by atoms with van der Waals surface area (Å²) in [5.41, 5.74) is 7.54. The van der Waals surface area contributed by atoms with E-state index < -0.39 is 5.82 Å². The van der Waals surface area contributed by atoms with Crippen molar-refractivity contribution < 1.29 is 9.18 Å². The van der Waals surface area contributed by atoms with Crippen LogP contribution in [0.2, 0.25) is 0 Å². The van der Waals surface area contributed by atoms with Crippen LogP contribution in [0.1, 0.15) is 36.0 Å². The lowest BCUT2D eigenvalue weighted by Crippen LogP contribution is -2.39. The number of likely N-dealkylation sites (tertiary alicyclic amines) is 1. The summed E-state index contributed by atoms with van der Waals surface area (Å²) in [6.07, 6.45) is 4.01. The van der Waals surface area contributed by atoms with Gasteiger partial charge in [0.25, 0.3) is 0 Å². The monoisotopic (exact) mass is 403 g/mol. The van der Waals surface area contributed by atoms with Crippen molar-refractivity contribution in [1.29, 1.82) is 5.41 Å². The molecule has 4 nitrogen and oxygen atoms in total. The summed E-state index contributed by atoms with van der Waals surface area (Å²) in [4.78, 5) is 14.4. The maximum absolute atomic E-state index is 13.9. The van der Waals surface area contributed by atoms with Crippen molar-refractivity contribution in [2.24, 2.45) is 11.7 Å². The number of nitrogen functional groups attached to an aromatic ring is 1. The van der Waals surface area contributed by atoms with Gasteiger partial charge in [-0.05, 0) is 54.9 Å². The van der Waals surface area contributed by atoms with Crippen LogP contribution in [0.3, 0.4) is 0 Å². The third-order valence-corrected chi connectivity index (χ3v) is 5.29. The van der Waals surface area contributed by atoms with Crippen LogP contribution in [0.4, 0.5) is 4.39 Å². The van der Waals surface area contributed by atoms with Gasteiger partial charge in [-0.25, -0.2) is 4.39 Å². The van der Waals surface area contributed by atoms with Crippen LogP contribution in [0.5, 0.6) is 0 Å². The van der Waals surface area contributed by atoms with Gasteiger partial charge >= 0.3 is 0 Å². The zero-order valence-corrected chi connectivity index (χ0v) is 16.7. The minimum absolute atomic E-state index is 0. The molecule has 0 unspecified atom stereocenters. The summed E-state index contributed by atoms with van der Waals surface area (Å²) in [5.74, 6) is -0.0310. The minimum atomic E-state index is -0.505. The number of benzene rings is 2. The second-order valence-corrected chi connectivity index (χ2v) is 7.24. The SMILES string of the molecule is Cl.N=C(N)c1ccc(CCC(=O)N2CCC(Cc3ccccc3)CC2)cc1F. The molecule has 1 aliphatic heterocycles. The van der Waals surface area contributed by atoms with E-state index >= 15 is 0 Å². The molecular formula is C22H27ClFN3O. The predicted molar refractivity (Wildman–Crippen MR) is 112 cm³/mol. The molecule has 1 amide bonds. The number of hydrogen-bond acceptors (Lipinski definition) is 2. The van der Waals surface area contributed by atoms with E-state index in [0.717, 1.165) is 37.9 Å². The van der Waals surface area contributed by atoms with E-state index in [2.05, 4.69) is 24.3 Å². The van der Waals surface area contributed by atoms with Crippen molar-refractivity contribution in [3.63, 3.8) is 0 Å². The first-order valence-electron chi connectivity index (χ1n) is 9.47. The molecule has 0 aromatic heterocycles. The number of rotatable bonds is 6. The van der Waals surface area contributed by atoms with Crippen LogP contribution in [-0.4, -0.2) is 29.7 Å². The van der Waals surface area contributed by atoms with Gasteiger partial charge in [0.15, 0.2) is 0 Å². The lowest BCUT2D eigenvalue weighted by molar-refractivity contribution is -0.132. The Morgan fingerprint density at radius 1 is 1.11 bits per heavy atom. The second kappa shape index (κ2) is 10.2. The topological polar surface area (TPSA) is 70.2 Å². The average Bonchev–Trinajstić information content (AvgIpc) is 2.67. The molecule has 0 radical (unpaired) electrons. The average molecular weight is 404 g/mol. The van der Waals surface area contributed by atoms with Crippen molar-refractivity contribution in [2.45, 2.75) is 32.1 Å². The molecule has 0 saturated carbocycles. The minimum Gasteiger partial charge on any atom is -0.384 e. The zero-order valence-electron chi connectivity index (χ0n) is 15.9. The molecule has 1 fully saturated rings. The number of aryl methyl sites for hydroxylation is 1. The molecule has 150 valence electrons. The number of amidine groups is 1. The molecular weight excluding hydrogens is 377 g/mol. The molecule has 0 bridgehead atoms. The highest BCUT2D eigenvalue weighted by Gasteiger charge is 2.22. The fraction of sp³-hybridized carbons (Fsp3) is 0.364. The van der Waals surface area contributed by atoms with Crippen molar-refractivity contribution in [1.82, 2.24) is 4.90 Å². The van der Waals surface area contributed by atoms with Gasteiger partial charge in [-0.1, -0.05) is 36.4 Å². The number of halogens is 2. The molecule has 0 aliphatic carbocycles. The third-order valence-electron chi connectivity index (χ3n) is 5.29. The van der Waals surface area contributed by atoms with Gasteiger partial charge in [0.1, 0.15) is 11.7 Å². The number of amides is 1. The molecule has 2 aromatic rings. The molecule has 1 heterocycles. The fourth-order valence-corrected chi connectivity index (χ4v) is 3.68. The van der Waals surface area contributed by atoms with Crippen LogP contribution >= 0.6 is 12.4 Å². The maximum atomic E-state index is 13.9. The molecule has 1 aliphatic rings. The molecule has 28 heavy (non-hydrogen) atoms. The Hall–Kier alpha value is -2.40. The summed E-state index contributed by atoms with van der Waals surface area (Å²) < 4.78 is 13.9. The summed E-state index contributed by atoms with van der Waals surface area (Å²) in [6, 6.07) is 15.1. The van der Waals surface area contributed by atoms with Crippen molar-refractivity contribution in [2.75, 3.05) is 13.1 Å². The summed E-state index contributed by atoms with van der Waals surface area (Å²) in [5, 5.41) is 7.31. The van der Waals surface area contributed by atoms with E-state index in [-0.39, 0.29) is 29.7 Å². The summed E-state index contributed by atoms with van der Waals surface area (Å²) in [6.45, 7) is 1.60. The van der Waals surface area contributed by atoms with Crippen LogP contribution in [0.25, 0.3) is 0 Å². The van der Waals surface area contributed by atoms with E-state index in [1.165, 1.54) is 17.7 Å². The van der Waals surface area contributed by atoms with Gasteiger partial charge < -0.3 is 10.6 Å². The van der Waals surface area contributed by atoms with Gasteiger partial charge in [0.2, 0.25) is 5.91 Å². The van der Waals surface area contributed by atoms with Crippen molar-refractivity contribution in [3.8, 4) is 0 Å². The van der Waals surface area contributed by atoms with Gasteiger partial charge in [-0.15, -0.1) is 12.4 Å². The van der Waals surface area contributed by atoms with Gasteiger partial charge in [-0.2, -0.15) is 0 Å². The largest absolute Gasteiger partial charge is 0.384 e. The Morgan fingerprint density at radius 3 is 2.39 bits per heavy atom. The molecule has 0 atom stereocenters. The summed E-state index contributed by atoms with van der Waals surface area (Å²) >= 11 is 0. The van der Waals surface area contributed by atoms with E-state index in [1.807, 2.05) is 11.0 Å². The Labute approximate surface area is 171 Å². The molecule has 3 N–H and O–H groups in total. The standard InChI is InChI=1S/C22H26FN3O.ClH/c23-20-15-17(6-8-19(20)22(24)25)7-9-21(27)26-12-10-18(11-13-26)14-16-4-2-1-3-5-16;/h1-6,8,15,18H,7,9-14H2,(H3,24,25);1H. The molecule has 1 saturated heterocycles. The number of hydrogen-bond donors (Lipinski definition) is 2. The van der Waals surface area contributed by atoms with Crippen LogP contribution < -0.4 is 5.73 Å². The normalized spacial score (nSPS) is 14.4. The predicted octanol–water partition coefficient (Wildman–Crippen LogP) is 3.95. The number of nitrogens with one attached hydrogen (secondary N) is 1. The van der Waals surface area contributed by atoms with Gasteiger partial charge in [0, 0.05) is 19.5 Å². The number of piperidine rings is 1. The zero-order chi connectivity index (χ0) is 19.2. The fourth-order valence-electron chi connectivity index (χ4n) is 3.68. The highest BCUT2D eigenvalue weighted by Crippen LogP contribution is 2.22. The van der Waals surface area contributed by atoms with Crippen LogP contribution in [-0.2, 0) is 17.6 Å². The molecule has 6 heteroatoms. The Morgan fingerprint density at radius 2 is 1.79 bits per heavy atom. The second-order valence-electron chi connectivity index (χ2n) is 7.24. The highest BCUT2D eigenvalue weighted by molar-refractivity contribution is 5.95. The lowest BCUT2D eigenvalue weighted by atomic mass is 9.90. The van der Waals surface area contributed by atoms with E-state index in [0.29, 0.717) is 18.8 Å². The number of nitrogens with zero attached hydrogens (tertiary/aromatic N) is 1. The first-order valence-corrected chi connectivity index (χ1v) is 9.47. The third kappa shape index (κ3) is 5.80. The lowest BCUT2D eigenvalue weighted by Gasteiger charge is -2.32. The van der Waals surface area contributed by atoms with Gasteiger partial charge in [0.05, 0.1) is 5.56 Å². The first-order chi connectivity index (χ1) is 13.0. The van der Waals surface area contributed by atoms with Crippen LogP contribution in [0.15, 0.2) is 48.5 Å². The number of nitrogens with two attached hydrogens (primary N) is 1. The van der Waals surface area contributed by atoms with Crippen molar-refractivity contribution in [3.05, 3.63) is 71.0 Å². The first kappa shape index (κ1) is 21.9. The van der Waals surface area contributed by atoms with E-state index in [1.54, 1.807) is 6.07 Å². The Balaban J connectivity index is 0.00000280. The smallest absolute Gasteiger partial charge is 0.222 e. The van der Waals surface area contributed by atoms with Gasteiger partial charge in [-0.3, -0.25) is 10.2 Å². The Bertz CT molecular complexity index is 805. The highest BCUT2D eigenvalue weighted by atomic mass is 35.5. The van der Waals surface area contributed by atoms with Crippen molar-refractivity contribution >= 4 is 24.1 Å². The number of carbonyl (C=O) groups is 1. The van der Waals surface area contributed by atoms with E-state index in [4.69, 9.17) is 11.1 Å². The molecule has 2 aromatic carbocycles. The Kier molecular flexibility index (Phi) is 8.00.